The van der Waals surface area contributed by atoms with E-state index in [0.717, 1.165) is 6.42 Å². The van der Waals surface area contributed by atoms with Gasteiger partial charge in [-0.3, -0.25) is 0 Å². The molecular formula is C12H16F2N4O2. The van der Waals surface area contributed by atoms with Crippen molar-refractivity contribution in [3.8, 4) is 5.75 Å². The van der Waals surface area contributed by atoms with Gasteiger partial charge in [0.2, 0.25) is 5.75 Å². The first-order valence-electron chi connectivity index (χ1n) is 6.64. The predicted octanol–water partition coefficient (Wildman–Crippen LogP) is 1.85. The van der Waals surface area contributed by atoms with Crippen LogP contribution in [0.5, 0.6) is 5.75 Å². The number of nitrogens with zero attached hydrogens (tertiary/aromatic N) is 2. The zero-order valence-corrected chi connectivity index (χ0v) is 10.8. The molecule has 0 bridgehead atoms. The lowest BCUT2D eigenvalue weighted by Gasteiger charge is -2.22. The number of nitrogens with one attached hydrogen (secondary N) is 2. The van der Waals surface area contributed by atoms with Crippen molar-refractivity contribution in [2.24, 2.45) is 0 Å². The summed E-state index contributed by atoms with van der Waals surface area (Å²) >= 11 is 0. The molecular weight excluding hydrogens is 270 g/mol. The fourth-order valence-electron chi connectivity index (χ4n) is 2.60. The van der Waals surface area contributed by atoms with Crippen LogP contribution in [0.15, 0.2) is 6.33 Å². The number of hydrogen-bond acceptors (Lipinski definition) is 6. The molecule has 2 unspecified atom stereocenters. The van der Waals surface area contributed by atoms with Crippen LogP contribution < -0.4 is 15.4 Å². The molecule has 0 aromatic carbocycles. The van der Waals surface area contributed by atoms with Gasteiger partial charge in [-0.2, -0.15) is 8.78 Å². The number of ether oxygens (including phenoxy) is 2. The molecule has 1 aliphatic carbocycles. The van der Waals surface area contributed by atoms with Crippen LogP contribution in [-0.4, -0.2) is 41.9 Å². The van der Waals surface area contributed by atoms with E-state index in [1.165, 1.54) is 6.33 Å². The molecule has 2 N–H and O–H groups in total. The van der Waals surface area contributed by atoms with Crippen LogP contribution in [0.3, 0.4) is 0 Å². The second-order valence-electron chi connectivity index (χ2n) is 4.85. The molecule has 0 radical (unpaired) electrons. The topological polar surface area (TPSA) is 68.3 Å². The minimum absolute atomic E-state index is 0.0586. The maximum Gasteiger partial charge on any atom is 0.345 e. The number of hydrogen-bond donors (Lipinski definition) is 2. The fourth-order valence-corrected chi connectivity index (χ4v) is 2.60. The summed E-state index contributed by atoms with van der Waals surface area (Å²) in [5.41, 5.74) is 0. The molecule has 1 fully saturated rings. The number of halogens is 2. The first kappa shape index (κ1) is 13.3. The quantitative estimate of drug-likeness (QED) is 0.880. The summed E-state index contributed by atoms with van der Waals surface area (Å²) in [6.07, 6.45) is 2.98. The Balaban J connectivity index is 1.64. The first-order valence-corrected chi connectivity index (χ1v) is 6.64. The van der Waals surface area contributed by atoms with Gasteiger partial charge in [0.05, 0.1) is 12.6 Å². The summed E-state index contributed by atoms with van der Waals surface area (Å²) in [5.74, 6) is 1.86. The van der Waals surface area contributed by atoms with Gasteiger partial charge < -0.3 is 20.1 Å². The molecule has 1 aromatic rings. The van der Waals surface area contributed by atoms with Crippen LogP contribution in [0, 0.1) is 0 Å². The van der Waals surface area contributed by atoms with Crippen LogP contribution in [0.2, 0.25) is 0 Å². The van der Waals surface area contributed by atoms with E-state index in [1.54, 1.807) is 0 Å². The largest absolute Gasteiger partial charge is 0.485 e. The van der Waals surface area contributed by atoms with E-state index in [4.69, 9.17) is 4.74 Å². The Hall–Kier alpha value is -1.70. The lowest BCUT2D eigenvalue weighted by atomic mass is 10.2. The maximum absolute atomic E-state index is 12.2. The maximum atomic E-state index is 12.2. The van der Waals surface area contributed by atoms with E-state index < -0.39 is 12.7 Å². The Morgan fingerprint density at radius 2 is 2.30 bits per heavy atom. The van der Waals surface area contributed by atoms with Crippen molar-refractivity contribution in [2.75, 3.05) is 23.8 Å². The Kier molecular flexibility index (Phi) is 3.81. The van der Waals surface area contributed by atoms with Gasteiger partial charge in [-0.1, -0.05) is 0 Å². The Morgan fingerprint density at radius 3 is 3.15 bits per heavy atom. The normalized spacial score (nSPS) is 24.9. The number of rotatable bonds is 4. The van der Waals surface area contributed by atoms with Gasteiger partial charge >= 0.3 is 6.61 Å². The summed E-state index contributed by atoms with van der Waals surface area (Å²) < 4.78 is 34.4. The molecule has 0 amide bonds. The van der Waals surface area contributed by atoms with Crippen molar-refractivity contribution in [1.82, 2.24) is 9.97 Å². The number of fused-ring (bicyclic) bond motifs is 1. The van der Waals surface area contributed by atoms with Crippen molar-refractivity contribution in [1.29, 1.82) is 0 Å². The molecule has 1 saturated carbocycles. The third-order valence-electron chi connectivity index (χ3n) is 3.47. The monoisotopic (exact) mass is 286 g/mol. The van der Waals surface area contributed by atoms with Crippen LogP contribution in [0.25, 0.3) is 0 Å². The predicted molar refractivity (Wildman–Crippen MR) is 68.2 cm³/mol. The smallest absolute Gasteiger partial charge is 0.345 e. The van der Waals surface area contributed by atoms with Crippen molar-refractivity contribution in [2.45, 2.75) is 38.0 Å². The highest BCUT2D eigenvalue weighted by molar-refractivity contribution is 5.64. The molecule has 110 valence electrons. The molecule has 0 saturated heterocycles. The van der Waals surface area contributed by atoms with Crippen LogP contribution in [0.1, 0.15) is 19.3 Å². The second-order valence-corrected chi connectivity index (χ2v) is 4.85. The third-order valence-corrected chi connectivity index (χ3v) is 3.47. The molecule has 2 aliphatic rings. The molecule has 2 atom stereocenters. The van der Waals surface area contributed by atoms with E-state index in [9.17, 15) is 8.78 Å². The number of aromatic nitrogens is 2. The van der Waals surface area contributed by atoms with E-state index in [1.807, 2.05) is 0 Å². The second kappa shape index (κ2) is 5.74. The van der Waals surface area contributed by atoms with Gasteiger partial charge in [0.15, 0.2) is 11.6 Å². The standard InChI is InChI=1S/C12H16F2N4O2/c13-12(14)20-8-2-1-7(5-8)18-11-9-10(16-6-17-11)15-3-4-19-9/h6-8,12H,1-5H2,(H2,15,16,17,18). The number of alkyl halides is 2. The van der Waals surface area contributed by atoms with Crippen molar-refractivity contribution in [3.05, 3.63) is 6.33 Å². The van der Waals surface area contributed by atoms with Crippen LogP contribution >= 0.6 is 0 Å². The van der Waals surface area contributed by atoms with Crippen LogP contribution in [-0.2, 0) is 4.74 Å². The summed E-state index contributed by atoms with van der Waals surface area (Å²) in [4.78, 5) is 8.26. The van der Waals surface area contributed by atoms with Gasteiger partial charge in [-0.25, -0.2) is 9.97 Å². The van der Waals surface area contributed by atoms with E-state index in [-0.39, 0.29) is 6.04 Å². The molecule has 3 rings (SSSR count). The lowest BCUT2D eigenvalue weighted by Crippen LogP contribution is -2.24. The molecule has 8 heteroatoms. The molecule has 1 aromatic heterocycles. The van der Waals surface area contributed by atoms with Gasteiger partial charge in [-0.05, 0) is 19.3 Å². The minimum atomic E-state index is -2.71. The summed E-state index contributed by atoms with van der Waals surface area (Å²) in [6, 6.07) is 0.0586. The van der Waals surface area contributed by atoms with E-state index in [0.29, 0.717) is 43.4 Å². The Morgan fingerprint density at radius 1 is 1.40 bits per heavy atom. The van der Waals surface area contributed by atoms with Crippen LogP contribution in [0.4, 0.5) is 20.4 Å². The molecule has 1 aliphatic heterocycles. The third kappa shape index (κ3) is 2.90. The Labute approximate surface area is 114 Å². The van der Waals surface area contributed by atoms with E-state index in [2.05, 4.69) is 25.3 Å². The fraction of sp³-hybridized carbons (Fsp3) is 0.667. The average Bonchev–Trinajstić information content (AvgIpc) is 2.86. The summed E-state index contributed by atoms with van der Waals surface area (Å²) in [6.45, 7) is -1.45. The Bertz CT molecular complexity index is 475. The highest BCUT2D eigenvalue weighted by Gasteiger charge is 2.29. The molecule has 20 heavy (non-hydrogen) atoms. The van der Waals surface area contributed by atoms with Gasteiger partial charge in [0, 0.05) is 6.04 Å². The van der Waals surface area contributed by atoms with Gasteiger partial charge in [0.1, 0.15) is 12.9 Å². The van der Waals surface area contributed by atoms with Gasteiger partial charge in [0.25, 0.3) is 0 Å². The zero-order valence-electron chi connectivity index (χ0n) is 10.8. The molecule has 0 spiro atoms. The summed E-state index contributed by atoms with van der Waals surface area (Å²) in [5, 5.41) is 6.35. The summed E-state index contributed by atoms with van der Waals surface area (Å²) in [7, 11) is 0. The minimum Gasteiger partial charge on any atom is -0.485 e. The SMILES string of the molecule is FC(F)OC1CCC(Nc2ncnc3c2OCCN3)C1. The highest BCUT2D eigenvalue weighted by atomic mass is 19.3. The first-order chi connectivity index (χ1) is 9.72. The molecule has 6 nitrogen and oxygen atoms in total. The van der Waals surface area contributed by atoms with Crippen molar-refractivity contribution >= 4 is 11.6 Å². The molecule has 2 heterocycles. The average molecular weight is 286 g/mol. The van der Waals surface area contributed by atoms with Crippen molar-refractivity contribution < 1.29 is 18.3 Å². The highest BCUT2D eigenvalue weighted by Crippen LogP contribution is 2.34. The lowest BCUT2D eigenvalue weighted by molar-refractivity contribution is -0.160. The van der Waals surface area contributed by atoms with Gasteiger partial charge in [-0.15, -0.1) is 0 Å². The number of anilines is 2. The van der Waals surface area contributed by atoms with Crippen molar-refractivity contribution in [3.63, 3.8) is 0 Å². The zero-order chi connectivity index (χ0) is 13.9. The van der Waals surface area contributed by atoms with E-state index >= 15 is 0 Å².